The molecule has 0 saturated heterocycles. The molecule has 1 heterocycles. The number of carbonyl (C=O) groups excluding carboxylic acids is 2. The number of hydrogen-bond donors (Lipinski definition) is 3. The minimum atomic E-state index is -0.599. The minimum Gasteiger partial charge on any atom is -0.350 e. The van der Waals surface area contributed by atoms with Gasteiger partial charge in [0.25, 0.3) is 0 Å². The largest absolute Gasteiger partial charge is 0.350 e. The van der Waals surface area contributed by atoms with E-state index >= 15 is 0 Å². The number of pyridine rings is 1. The van der Waals surface area contributed by atoms with Crippen LogP contribution in [0.2, 0.25) is 0 Å². The van der Waals surface area contributed by atoms with Crippen LogP contribution in [0.25, 0.3) is 0 Å². The van der Waals surface area contributed by atoms with Crippen molar-refractivity contribution >= 4 is 24.4 Å². The molecule has 0 saturated carbocycles. The van der Waals surface area contributed by atoms with Gasteiger partial charge in [-0.15, -0.1) is 0 Å². The van der Waals surface area contributed by atoms with Crippen LogP contribution in [0.5, 0.6) is 0 Å². The molecule has 0 spiro atoms. The maximum absolute atomic E-state index is 11.7. The molecule has 5 nitrogen and oxygen atoms in total. The van der Waals surface area contributed by atoms with Crippen molar-refractivity contribution < 1.29 is 9.59 Å². The molecule has 1 unspecified atom stereocenters. The Morgan fingerprint density at radius 3 is 2.59 bits per heavy atom. The van der Waals surface area contributed by atoms with Crippen LogP contribution in [0.4, 0.5) is 0 Å². The zero-order valence-electron chi connectivity index (χ0n) is 9.51. The van der Waals surface area contributed by atoms with Gasteiger partial charge in [0.1, 0.15) is 6.04 Å². The highest BCUT2D eigenvalue weighted by Crippen LogP contribution is 1.96. The molecule has 17 heavy (non-hydrogen) atoms. The highest BCUT2D eigenvalue weighted by Gasteiger charge is 2.16. The van der Waals surface area contributed by atoms with Gasteiger partial charge < -0.3 is 10.6 Å². The van der Waals surface area contributed by atoms with Gasteiger partial charge in [-0.05, 0) is 17.7 Å². The summed E-state index contributed by atoms with van der Waals surface area (Å²) in [6, 6.07) is 3.03. The third-order valence-corrected chi connectivity index (χ3v) is 2.46. The summed E-state index contributed by atoms with van der Waals surface area (Å²) in [6.07, 6.45) is 3.32. The van der Waals surface area contributed by atoms with E-state index in [0.717, 1.165) is 5.56 Å². The van der Waals surface area contributed by atoms with Crippen molar-refractivity contribution in [2.24, 2.45) is 0 Å². The minimum absolute atomic E-state index is 0.244. The molecule has 92 valence electrons. The van der Waals surface area contributed by atoms with Crippen LogP contribution in [0.15, 0.2) is 24.5 Å². The lowest BCUT2D eigenvalue weighted by Gasteiger charge is -2.15. The Balaban J connectivity index is 2.45. The lowest BCUT2D eigenvalue weighted by atomic mass is 10.2. The number of nitrogens with one attached hydrogen (secondary N) is 2. The van der Waals surface area contributed by atoms with E-state index in [1.54, 1.807) is 12.4 Å². The maximum atomic E-state index is 11.7. The summed E-state index contributed by atoms with van der Waals surface area (Å²) in [7, 11) is 0. The number of thiol groups is 1. The highest BCUT2D eigenvalue weighted by molar-refractivity contribution is 7.80. The molecule has 0 bridgehead atoms. The van der Waals surface area contributed by atoms with Crippen LogP contribution in [0, 0.1) is 0 Å². The Labute approximate surface area is 105 Å². The fourth-order valence-electron chi connectivity index (χ4n) is 1.25. The van der Waals surface area contributed by atoms with Crippen LogP contribution in [0.1, 0.15) is 12.5 Å². The van der Waals surface area contributed by atoms with Gasteiger partial charge in [-0.2, -0.15) is 12.6 Å². The lowest BCUT2D eigenvalue weighted by molar-refractivity contribution is -0.127. The first-order valence-electron chi connectivity index (χ1n) is 5.18. The summed E-state index contributed by atoms with van der Waals surface area (Å²) in [5.41, 5.74) is 0.953. The molecular weight excluding hydrogens is 238 g/mol. The van der Waals surface area contributed by atoms with E-state index in [0.29, 0.717) is 6.54 Å². The first-order valence-corrected chi connectivity index (χ1v) is 5.81. The first kappa shape index (κ1) is 13.5. The van der Waals surface area contributed by atoms with Crippen LogP contribution in [-0.4, -0.2) is 28.6 Å². The van der Waals surface area contributed by atoms with E-state index in [1.807, 2.05) is 12.1 Å². The zero-order valence-corrected chi connectivity index (χ0v) is 10.4. The van der Waals surface area contributed by atoms with Gasteiger partial charge in [-0.25, -0.2) is 0 Å². The fourth-order valence-corrected chi connectivity index (χ4v) is 1.51. The molecule has 2 N–H and O–H groups in total. The summed E-state index contributed by atoms with van der Waals surface area (Å²) in [6.45, 7) is 1.78. The van der Waals surface area contributed by atoms with Crippen LogP contribution in [-0.2, 0) is 16.1 Å². The highest BCUT2D eigenvalue weighted by atomic mass is 32.1. The quantitative estimate of drug-likeness (QED) is 0.653. The van der Waals surface area contributed by atoms with Crippen molar-refractivity contribution in [2.75, 3.05) is 5.75 Å². The number of nitrogens with zero attached hydrogens (tertiary/aromatic N) is 1. The molecule has 0 aliphatic carbocycles. The molecule has 6 heteroatoms. The first-order chi connectivity index (χ1) is 8.13. The smallest absolute Gasteiger partial charge is 0.243 e. The van der Waals surface area contributed by atoms with Crippen LogP contribution >= 0.6 is 12.6 Å². The van der Waals surface area contributed by atoms with Crippen molar-refractivity contribution in [3.05, 3.63) is 30.1 Å². The summed E-state index contributed by atoms with van der Waals surface area (Å²) < 4.78 is 0. The van der Waals surface area contributed by atoms with Crippen molar-refractivity contribution in [1.29, 1.82) is 0 Å². The van der Waals surface area contributed by atoms with E-state index in [2.05, 4.69) is 28.2 Å². The van der Waals surface area contributed by atoms with Gasteiger partial charge >= 0.3 is 0 Å². The topological polar surface area (TPSA) is 71.1 Å². The summed E-state index contributed by atoms with van der Waals surface area (Å²) in [5, 5.41) is 5.25. The second-order valence-corrected chi connectivity index (χ2v) is 3.87. The number of hydrogen-bond acceptors (Lipinski definition) is 4. The van der Waals surface area contributed by atoms with E-state index in [-0.39, 0.29) is 17.6 Å². The molecule has 0 aliphatic heterocycles. The second-order valence-electron chi connectivity index (χ2n) is 3.51. The van der Waals surface area contributed by atoms with Crippen LogP contribution < -0.4 is 10.6 Å². The molecule has 0 fully saturated rings. The monoisotopic (exact) mass is 253 g/mol. The summed E-state index contributed by atoms with van der Waals surface area (Å²) >= 11 is 4.02. The van der Waals surface area contributed by atoms with E-state index in [4.69, 9.17) is 0 Å². The van der Waals surface area contributed by atoms with Gasteiger partial charge in [-0.1, -0.05) is 0 Å². The lowest BCUT2D eigenvalue weighted by Crippen LogP contribution is -2.47. The third-order valence-electron chi connectivity index (χ3n) is 2.09. The molecule has 1 atom stereocenters. The van der Waals surface area contributed by atoms with Crippen LogP contribution in [0.3, 0.4) is 0 Å². The summed E-state index contributed by atoms with van der Waals surface area (Å²) in [5.74, 6) is -0.225. The Morgan fingerprint density at radius 1 is 1.41 bits per heavy atom. The predicted molar refractivity (Wildman–Crippen MR) is 67.5 cm³/mol. The van der Waals surface area contributed by atoms with Gasteiger partial charge in [0, 0.05) is 31.6 Å². The molecule has 2 amide bonds. The van der Waals surface area contributed by atoms with E-state index in [9.17, 15) is 9.59 Å². The van der Waals surface area contributed by atoms with E-state index < -0.39 is 6.04 Å². The third kappa shape index (κ3) is 4.86. The average molecular weight is 253 g/mol. The molecular formula is C11H15N3O2S. The molecule has 0 radical (unpaired) electrons. The maximum Gasteiger partial charge on any atom is 0.243 e. The number of rotatable bonds is 5. The van der Waals surface area contributed by atoms with Crippen molar-refractivity contribution in [2.45, 2.75) is 19.5 Å². The molecule has 0 aliphatic rings. The molecule has 1 aromatic heterocycles. The standard InChI is InChI=1S/C11H15N3O2S/c1-8(15)14-10(7-17)11(16)13-6-9-2-4-12-5-3-9/h2-5,10,17H,6-7H2,1H3,(H,13,16)(H,14,15). The SMILES string of the molecule is CC(=O)NC(CS)C(=O)NCc1ccncc1. The number of aromatic nitrogens is 1. The molecule has 1 rings (SSSR count). The van der Waals surface area contributed by atoms with Crippen molar-refractivity contribution in [3.8, 4) is 0 Å². The Kier molecular flexibility index (Phi) is 5.48. The molecule has 1 aromatic rings. The Hall–Kier alpha value is -1.56. The Morgan fingerprint density at radius 2 is 2.06 bits per heavy atom. The van der Waals surface area contributed by atoms with Gasteiger partial charge in [-0.3, -0.25) is 14.6 Å². The second kappa shape index (κ2) is 6.90. The van der Waals surface area contributed by atoms with Crippen molar-refractivity contribution in [3.63, 3.8) is 0 Å². The fraction of sp³-hybridized carbons (Fsp3) is 0.364. The normalized spacial score (nSPS) is 11.6. The summed E-state index contributed by atoms with van der Waals surface area (Å²) in [4.78, 5) is 26.4. The Bertz CT molecular complexity index is 384. The van der Waals surface area contributed by atoms with Gasteiger partial charge in [0.2, 0.25) is 11.8 Å². The van der Waals surface area contributed by atoms with E-state index in [1.165, 1.54) is 6.92 Å². The predicted octanol–water partition coefficient (Wildman–Crippen LogP) is 0.132. The van der Waals surface area contributed by atoms with Gasteiger partial charge in [0.05, 0.1) is 0 Å². The average Bonchev–Trinajstić information content (AvgIpc) is 2.34. The van der Waals surface area contributed by atoms with Crippen molar-refractivity contribution in [1.82, 2.24) is 15.6 Å². The van der Waals surface area contributed by atoms with Gasteiger partial charge in [0.15, 0.2) is 0 Å². The zero-order chi connectivity index (χ0) is 12.7. The number of amides is 2. The molecule has 0 aromatic carbocycles. The number of carbonyl (C=O) groups is 2.